The Morgan fingerprint density at radius 1 is 1.06 bits per heavy atom. The number of hydrogen-bond acceptors (Lipinski definition) is 7. The topological polar surface area (TPSA) is 86.8 Å². The molecule has 10 heteroatoms. The van der Waals surface area contributed by atoms with Crippen LogP contribution < -0.4 is 14.4 Å². The van der Waals surface area contributed by atoms with E-state index in [1.165, 1.54) is 28.8 Å². The molecule has 0 unspecified atom stereocenters. The Bertz CT molecular complexity index is 1590. The van der Waals surface area contributed by atoms with E-state index in [2.05, 4.69) is 4.57 Å². The van der Waals surface area contributed by atoms with Crippen molar-refractivity contribution >= 4 is 62.6 Å². The number of carbonyl (C=O) groups excluding carboxylic acids is 1. The van der Waals surface area contributed by atoms with E-state index >= 15 is 0 Å². The number of nitro benzene ring substituents is 1. The van der Waals surface area contributed by atoms with Gasteiger partial charge in [0.05, 0.1) is 15.5 Å². The van der Waals surface area contributed by atoms with Crippen LogP contribution in [0.4, 0.5) is 11.4 Å². The second-order valence-corrected chi connectivity index (χ2v) is 9.88. The molecule has 36 heavy (non-hydrogen) atoms. The van der Waals surface area contributed by atoms with E-state index < -0.39 is 4.92 Å². The molecule has 4 aromatic rings. The van der Waals surface area contributed by atoms with Crippen molar-refractivity contribution in [3.8, 4) is 11.5 Å². The van der Waals surface area contributed by atoms with Gasteiger partial charge in [0.25, 0.3) is 11.6 Å². The fourth-order valence-electron chi connectivity index (χ4n) is 4.30. The van der Waals surface area contributed by atoms with E-state index in [0.717, 1.165) is 22.0 Å². The molecule has 2 aliphatic heterocycles. The number of aromatic nitrogens is 1. The molecule has 0 aliphatic carbocycles. The number of non-ortho nitro benzene ring substituents is 1. The maximum Gasteiger partial charge on any atom is 0.270 e. The zero-order valence-corrected chi connectivity index (χ0v) is 20.3. The van der Waals surface area contributed by atoms with Crippen LogP contribution in [0, 0.1) is 10.1 Å². The molecular weight excluding hydrogens is 498 g/mol. The second-order valence-electron chi connectivity index (χ2n) is 8.21. The summed E-state index contributed by atoms with van der Waals surface area (Å²) in [6.45, 7) is 0.686. The molecule has 1 aromatic heterocycles. The maximum absolute atomic E-state index is 13.4. The Labute approximate surface area is 214 Å². The summed E-state index contributed by atoms with van der Waals surface area (Å²) in [5.74, 6) is 1.02. The highest BCUT2D eigenvalue weighted by atomic mass is 32.2. The Morgan fingerprint density at radius 2 is 1.83 bits per heavy atom. The van der Waals surface area contributed by atoms with Gasteiger partial charge in [0.2, 0.25) is 6.79 Å². The van der Waals surface area contributed by atoms with E-state index in [0.29, 0.717) is 33.0 Å². The molecule has 0 atom stereocenters. The first-order valence-corrected chi connectivity index (χ1v) is 12.2. The molecule has 8 nitrogen and oxygen atoms in total. The summed E-state index contributed by atoms with van der Waals surface area (Å²) in [6, 6.07) is 19.8. The molecule has 178 valence electrons. The lowest BCUT2D eigenvalue weighted by Crippen LogP contribution is -2.27. The SMILES string of the molecule is O=C1/C(=C/c2cn(Cc3ccc([N+](=O)[O-])cc3)c3ccccc23)SC(=S)N1c1ccc2c(c1)OCO2. The van der Waals surface area contributed by atoms with Gasteiger partial charge < -0.3 is 14.0 Å². The van der Waals surface area contributed by atoms with E-state index in [-0.39, 0.29) is 18.4 Å². The number of nitro groups is 1. The molecular formula is C26H17N3O5S2. The van der Waals surface area contributed by atoms with Crippen LogP contribution in [0.5, 0.6) is 11.5 Å². The van der Waals surface area contributed by atoms with Crippen molar-refractivity contribution in [3.63, 3.8) is 0 Å². The van der Waals surface area contributed by atoms with Crippen LogP contribution in [0.3, 0.4) is 0 Å². The first-order valence-electron chi connectivity index (χ1n) is 11.0. The van der Waals surface area contributed by atoms with Crippen LogP contribution in [0.15, 0.2) is 77.8 Å². The number of para-hydroxylation sites is 1. The summed E-state index contributed by atoms with van der Waals surface area (Å²) in [7, 11) is 0. The van der Waals surface area contributed by atoms with E-state index in [1.54, 1.807) is 30.3 Å². The van der Waals surface area contributed by atoms with Crippen molar-refractivity contribution in [2.45, 2.75) is 6.54 Å². The van der Waals surface area contributed by atoms with Gasteiger partial charge in [-0.25, -0.2) is 0 Å². The molecule has 2 aliphatic rings. The van der Waals surface area contributed by atoms with Crippen LogP contribution in [0.2, 0.25) is 0 Å². The van der Waals surface area contributed by atoms with Crippen molar-refractivity contribution in [2.24, 2.45) is 0 Å². The van der Waals surface area contributed by atoms with Crippen LogP contribution in [0.25, 0.3) is 17.0 Å². The number of thioether (sulfide) groups is 1. The highest BCUT2D eigenvalue weighted by molar-refractivity contribution is 8.27. The monoisotopic (exact) mass is 515 g/mol. The first kappa shape index (κ1) is 22.3. The molecule has 0 N–H and O–H groups in total. The second kappa shape index (κ2) is 8.81. The summed E-state index contributed by atoms with van der Waals surface area (Å²) in [6.07, 6.45) is 3.85. The van der Waals surface area contributed by atoms with Crippen molar-refractivity contribution in [1.82, 2.24) is 4.57 Å². The van der Waals surface area contributed by atoms with E-state index in [4.69, 9.17) is 21.7 Å². The number of benzene rings is 3. The molecule has 3 heterocycles. The molecule has 1 saturated heterocycles. The molecule has 1 amide bonds. The minimum Gasteiger partial charge on any atom is -0.454 e. The number of nitrogens with zero attached hydrogens (tertiary/aromatic N) is 3. The fraction of sp³-hybridized carbons (Fsp3) is 0.0769. The van der Waals surface area contributed by atoms with Gasteiger partial charge in [-0.05, 0) is 29.8 Å². The summed E-state index contributed by atoms with van der Waals surface area (Å²) < 4.78 is 13.3. The van der Waals surface area contributed by atoms with E-state index in [1.807, 2.05) is 36.5 Å². The van der Waals surface area contributed by atoms with Crippen LogP contribution in [0.1, 0.15) is 11.1 Å². The molecule has 6 rings (SSSR count). The Morgan fingerprint density at radius 3 is 2.64 bits per heavy atom. The third kappa shape index (κ3) is 3.90. The largest absolute Gasteiger partial charge is 0.454 e. The highest BCUT2D eigenvalue weighted by Crippen LogP contribution is 2.41. The van der Waals surface area contributed by atoms with Gasteiger partial charge in [-0.2, -0.15) is 0 Å². The minimum atomic E-state index is -0.410. The van der Waals surface area contributed by atoms with Crippen molar-refractivity contribution in [1.29, 1.82) is 0 Å². The lowest BCUT2D eigenvalue weighted by molar-refractivity contribution is -0.384. The Balaban J connectivity index is 1.32. The normalized spacial score (nSPS) is 15.9. The molecule has 0 saturated carbocycles. The van der Waals surface area contributed by atoms with Gasteiger partial charge in [0.1, 0.15) is 0 Å². The van der Waals surface area contributed by atoms with Crippen LogP contribution >= 0.6 is 24.0 Å². The van der Waals surface area contributed by atoms with Crippen molar-refractivity contribution in [2.75, 3.05) is 11.7 Å². The minimum absolute atomic E-state index is 0.0567. The smallest absolute Gasteiger partial charge is 0.270 e. The number of anilines is 1. The zero-order valence-electron chi connectivity index (χ0n) is 18.6. The predicted octanol–water partition coefficient (Wildman–Crippen LogP) is 5.73. The lowest BCUT2D eigenvalue weighted by atomic mass is 10.1. The van der Waals surface area contributed by atoms with Crippen LogP contribution in [-0.4, -0.2) is 26.5 Å². The first-order chi connectivity index (χ1) is 17.5. The Kier molecular flexibility index (Phi) is 5.46. The molecule has 0 spiro atoms. The number of thiocarbonyl (C=S) groups is 1. The van der Waals surface area contributed by atoms with Gasteiger partial charge >= 0.3 is 0 Å². The fourth-order valence-corrected chi connectivity index (χ4v) is 5.59. The van der Waals surface area contributed by atoms with Gasteiger partial charge in [0.15, 0.2) is 15.8 Å². The molecule has 1 fully saturated rings. The average Bonchev–Trinajstić information content (AvgIpc) is 3.56. The van der Waals surface area contributed by atoms with Crippen molar-refractivity contribution < 1.29 is 19.2 Å². The lowest BCUT2D eigenvalue weighted by Gasteiger charge is -2.14. The number of ether oxygens (including phenoxy) is 2. The third-order valence-corrected chi connectivity index (χ3v) is 7.32. The Hall–Kier alpha value is -4.15. The standard InChI is InChI=1S/C26H17N3O5S2/c30-25-24(36-26(35)28(25)19-9-10-22-23(12-19)34-15-33-22)11-17-14-27(21-4-2-1-3-20(17)21)13-16-5-7-18(8-6-16)29(31)32/h1-12,14H,13,15H2/b24-11-. The summed E-state index contributed by atoms with van der Waals surface area (Å²) >= 11 is 6.79. The number of hydrogen-bond donors (Lipinski definition) is 0. The summed E-state index contributed by atoms with van der Waals surface area (Å²) in [4.78, 5) is 25.9. The zero-order chi connectivity index (χ0) is 24.8. The number of amides is 1. The third-order valence-electron chi connectivity index (χ3n) is 6.01. The quantitative estimate of drug-likeness (QED) is 0.145. The number of rotatable bonds is 5. The highest BCUT2D eigenvalue weighted by Gasteiger charge is 2.34. The average molecular weight is 516 g/mol. The van der Waals surface area contributed by atoms with Gasteiger partial charge in [-0.3, -0.25) is 19.8 Å². The number of carbonyl (C=O) groups is 1. The van der Waals surface area contributed by atoms with Gasteiger partial charge in [-0.1, -0.05) is 54.3 Å². The summed E-state index contributed by atoms with van der Waals surface area (Å²) in [5.41, 5.74) is 3.50. The van der Waals surface area contributed by atoms with Crippen LogP contribution in [-0.2, 0) is 11.3 Å². The predicted molar refractivity (Wildman–Crippen MR) is 142 cm³/mol. The van der Waals surface area contributed by atoms with Gasteiger partial charge in [-0.15, -0.1) is 0 Å². The maximum atomic E-state index is 13.4. The number of fused-ring (bicyclic) bond motifs is 2. The summed E-state index contributed by atoms with van der Waals surface area (Å²) in [5, 5.41) is 12.0. The van der Waals surface area contributed by atoms with Gasteiger partial charge in [0, 0.05) is 47.4 Å². The van der Waals surface area contributed by atoms with E-state index in [9.17, 15) is 14.9 Å². The molecule has 0 radical (unpaired) electrons. The molecule has 0 bridgehead atoms. The van der Waals surface area contributed by atoms with Crippen molar-refractivity contribution in [3.05, 3.63) is 99.1 Å². The molecule has 3 aromatic carbocycles.